The monoisotopic (exact) mass is 312 g/mol. The van der Waals surface area contributed by atoms with E-state index in [1.54, 1.807) is 0 Å². The highest BCUT2D eigenvalue weighted by atomic mass is 16.5. The van der Waals surface area contributed by atoms with Gasteiger partial charge < -0.3 is 14.6 Å². The van der Waals surface area contributed by atoms with Crippen LogP contribution >= 0.6 is 0 Å². The smallest absolute Gasteiger partial charge is 0.228 e. The summed E-state index contributed by atoms with van der Waals surface area (Å²) in [6, 6.07) is 12.2. The lowest BCUT2D eigenvalue weighted by Gasteiger charge is -2.26. The third kappa shape index (κ3) is 3.58. The number of fused-ring (bicyclic) bond motifs is 1. The number of hydrogen-bond donors (Lipinski definition) is 1. The van der Waals surface area contributed by atoms with Crippen molar-refractivity contribution in [1.29, 1.82) is 0 Å². The number of aromatic nitrogens is 1. The molecule has 1 aliphatic heterocycles. The van der Waals surface area contributed by atoms with Crippen molar-refractivity contribution in [2.45, 2.75) is 38.1 Å². The van der Waals surface area contributed by atoms with E-state index < -0.39 is 0 Å². The second kappa shape index (κ2) is 6.90. The molecular weight excluding hydrogens is 288 g/mol. The van der Waals surface area contributed by atoms with Crippen molar-refractivity contribution in [2.75, 3.05) is 6.61 Å². The molecule has 0 fully saturated rings. The maximum absolute atomic E-state index is 12.6. The highest BCUT2D eigenvalue weighted by Gasteiger charge is 2.27. The molecule has 0 bridgehead atoms. The van der Waals surface area contributed by atoms with Gasteiger partial charge in [-0.05, 0) is 44.4 Å². The molecule has 1 aromatic carbocycles. The van der Waals surface area contributed by atoms with E-state index in [0.717, 1.165) is 30.6 Å². The summed E-state index contributed by atoms with van der Waals surface area (Å²) in [5.41, 5.74) is 2.30. The Hall–Kier alpha value is -2.23. The zero-order valence-corrected chi connectivity index (χ0v) is 13.8. The van der Waals surface area contributed by atoms with E-state index in [1.165, 1.54) is 5.69 Å². The Morgan fingerprint density at radius 3 is 2.96 bits per heavy atom. The molecule has 0 spiro atoms. The summed E-state index contributed by atoms with van der Waals surface area (Å²) in [5, 5.41) is 3.17. The number of benzene rings is 1. The van der Waals surface area contributed by atoms with Crippen LogP contribution in [0.3, 0.4) is 0 Å². The predicted octanol–water partition coefficient (Wildman–Crippen LogP) is 3.03. The molecule has 1 aromatic heterocycles. The molecule has 4 nitrogen and oxygen atoms in total. The van der Waals surface area contributed by atoms with E-state index in [1.807, 2.05) is 24.3 Å². The average Bonchev–Trinajstić information content (AvgIpc) is 2.97. The molecule has 0 aliphatic carbocycles. The Balaban J connectivity index is 1.58. The number of nitrogens with zero attached hydrogens (tertiary/aromatic N) is 1. The fourth-order valence-electron chi connectivity index (χ4n) is 3.15. The molecule has 2 heterocycles. The third-order valence-corrected chi connectivity index (χ3v) is 4.55. The number of aryl methyl sites for hydroxylation is 2. The Bertz CT molecular complexity index is 678. The summed E-state index contributed by atoms with van der Waals surface area (Å²) in [7, 11) is 2.05. The average molecular weight is 312 g/mol. The molecule has 1 N–H and O–H groups in total. The van der Waals surface area contributed by atoms with Crippen molar-refractivity contribution in [2.24, 2.45) is 7.05 Å². The van der Waals surface area contributed by atoms with Crippen LogP contribution < -0.4 is 10.1 Å². The van der Waals surface area contributed by atoms with Gasteiger partial charge >= 0.3 is 0 Å². The third-order valence-electron chi connectivity index (χ3n) is 4.55. The molecule has 1 amide bonds. The number of nitrogens with one attached hydrogen (secondary N) is 1. The van der Waals surface area contributed by atoms with E-state index in [2.05, 4.69) is 42.2 Å². The normalized spacial score (nSPS) is 17.9. The summed E-state index contributed by atoms with van der Waals surface area (Å²) in [5.74, 6) is 0.855. The van der Waals surface area contributed by atoms with Gasteiger partial charge in [-0.1, -0.05) is 18.2 Å². The van der Waals surface area contributed by atoms with Crippen molar-refractivity contribution >= 4 is 5.91 Å². The topological polar surface area (TPSA) is 43.3 Å². The van der Waals surface area contributed by atoms with Crippen molar-refractivity contribution in [3.05, 3.63) is 53.9 Å². The molecule has 0 unspecified atom stereocenters. The largest absolute Gasteiger partial charge is 0.493 e. The molecule has 0 saturated heterocycles. The van der Waals surface area contributed by atoms with Gasteiger partial charge in [-0.3, -0.25) is 4.79 Å². The van der Waals surface area contributed by atoms with Gasteiger partial charge in [0.2, 0.25) is 5.91 Å². The van der Waals surface area contributed by atoms with Gasteiger partial charge in [0, 0.05) is 30.5 Å². The minimum atomic E-state index is -0.0996. The number of ether oxygens (including phenoxy) is 1. The van der Waals surface area contributed by atoms with Crippen LogP contribution in [-0.4, -0.2) is 23.1 Å². The number of carbonyl (C=O) groups is 1. The Morgan fingerprint density at radius 2 is 2.17 bits per heavy atom. The predicted molar refractivity (Wildman–Crippen MR) is 90.6 cm³/mol. The zero-order chi connectivity index (χ0) is 16.2. The number of para-hydroxylation sites is 1. The number of hydrogen-bond acceptors (Lipinski definition) is 2. The van der Waals surface area contributed by atoms with E-state index in [4.69, 9.17) is 4.74 Å². The maximum Gasteiger partial charge on any atom is 0.228 e. The van der Waals surface area contributed by atoms with Crippen LogP contribution in [0.1, 0.15) is 36.9 Å². The van der Waals surface area contributed by atoms with Crippen LogP contribution in [0.5, 0.6) is 5.75 Å². The first-order chi connectivity index (χ1) is 11.1. The maximum atomic E-state index is 12.6. The first-order valence-electron chi connectivity index (χ1n) is 8.27. The number of rotatable bonds is 5. The van der Waals surface area contributed by atoms with Gasteiger partial charge in [-0.15, -0.1) is 0 Å². The number of carbonyl (C=O) groups excluding carboxylic acids is 1. The van der Waals surface area contributed by atoms with Gasteiger partial charge in [-0.25, -0.2) is 0 Å². The lowest BCUT2D eigenvalue weighted by Crippen LogP contribution is -2.38. The van der Waals surface area contributed by atoms with Crippen LogP contribution in [0.15, 0.2) is 42.6 Å². The van der Waals surface area contributed by atoms with E-state index in [0.29, 0.717) is 6.61 Å². The van der Waals surface area contributed by atoms with Gasteiger partial charge in [0.1, 0.15) is 5.75 Å². The summed E-state index contributed by atoms with van der Waals surface area (Å²) >= 11 is 0. The van der Waals surface area contributed by atoms with Crippen LogP contribution in [0.4, 0.5) is 0 Å². The summed E-state index contributed by atoms with van der Waals surface area (Å²) in [6.45, 7) is 2.68. The Labute approximate surface area is 137 Å². The highest BCUT2D eigenvalue weighted by Crippen LogP contribution is 2.33. The fraction of sp³-hybridized carbons (Fsp3) is 0.421. The number of amides is 1. The van der Waals surface area contributed by atoms with Gasteiger partial charge in [0.15, 0.2) is 0 Å². The van der Waals surface area contributed by atoms with Crippen LogP contribution in [0.25, 0.3) is 0 Å². The van der Waals surface area contributed by atoms with Gasteiger partial charge in [-0.2, -0.15) is 0 Å². The van der Waals surface area contributed by atoms with Crippen molar-refractivity contribution < 1.29 is 9.53 Å². The van der Waals surface area contributed by atoms with Gasteiger partial charge in [0.25, 0.3) is 0 Å². The van der Waals surface area contributed by atoms with E-state index in [-0.39, 0.29) is 17.9 Å². The SMILES string of the molecule is C[C@@H](CCc1cccn1C)NC(=O)[C@H]1CCOc2ccccc21. The van der Waals surface area contributed by atoms with E-state index in [9.17, 15) is 4.79 Å². The summed E-state index contributed by atoms with van der Waals surface area (Å²) in [6.07, 6.45) is 4.70. The molecule has 0 radical (unpaired) electrons. The Kier molecular flexibility index (Phi) is 4.70. The second-order valence-corrected chi connectivity index (χ2v) is 6.29. The van der Waals surface area contributed by atoms with E-state index >= 15 is 0 Å². The molecule has 0 saturated carbocycles. The molecule has 23 heavy (non-hydrogen) atoms. The molecular formula is C19H24N2O2. The van der Waals surface area contributed by atoms with Crippen molar-refractivity contribution in [3.8, 4) is 5.75 Å². The minimum Gasteiger partial charge on any atom is -0.493 e. The zero-order valence-electron chi connectivity index (χ0n) is 13.8. The standard InChI is InChI=1S/C19H24N2O2/c1-14(9-10-15-6-5-12-21(15)2)20-19(22)17-11-13-23-18-8-4-3-7-16(17)18/h3-8,12,14,17H,9-11,13H2,1-2H3,(H,20,22)/t14-,17-/m0/s1. The highest BCUT2D eigenvalue weighted by molar-refractivity contribution is 5.85. The quantitative estimate of drug-likeness (QED) is 0.922. The van der Waals surface area contributed by atoms with Crippen LogP contribution in [0, 0.1) is 0 Å². The lowest BCUT2D eigenvalue weighted by molar-refractivity contribution is -0.123. The van der Waals surface area contributed by atoms with Crippen molar-refractivity contribution in [3.63, 3.8) is 0 Å². The molecule has 2 aromatic rings. The first-order valence-corrected chi connectivity index (χ1v) is 8.27. The molecule has 3 rings (SSSR count). The lowest BCUT2D eigenvalue weighted by atomic mass is 9.92. The fourth-order valence-corrected chi connectivity index (χ4v) is 3.15. The molecule has 122 valence electrons. The summed E-state index contributed by atoms with van der Waals surface area (Å²) < 4.78 is 7.76. The van der Waals surface area contributed by atoms with Crippen LogP contribution in [-0.2, 0) is 18.3 Å². The molecule has 1 aliphatic rings. The first kappa shape index (κ1) is 15.7. The Morgan fingerprint density at radius 1 is 1.35 bits per heavy atom. The molecule has 4 heteroatoms. The van der Waals surface area contributed by atoms with Gasteiger partial charge in [0.05, 0.1) is 12.5 Å². The second-order valence-electron chi connectivity index (χ2n) is 6.29. The van der Waals surface area contributed by atoms with Crippen molar-refractivity contribution in [1.82, 2.24) is 9.88 Å². The minimum absolute atomic E-state index is 0.0996. The van der Waals surface area contributed by atoms with Crippen LogP contribution in [0.2, 0.25) is 0 Å². The molecule has 2 atom stereocenters. The summed E-state index contributed by atoms with van der Waals surface area (Å²) in [4.78, 5) is 12.6.